The van der Waals surface area contributed by atoms with E-state index >= 15 is 0 Å². The summed E-state index contributed by atoms with van der Waals surface area (Å²) >= 11 is 0. The number of rotatable bonds is 2. The zero-order valence-electron chi connectivity index (χ0n) is 7.69. The van der Waals surface area contributed by atoms with E-state index in [-0.39, 0.29) is 0 Å². The number of aliphatic imine (C=N–C) groups is 1. The van der Waals surface area contributed by atoms with Crippen molar-refractivity contribution >= 4 is 5.71 Å². The summed E-state index contributed by atoms with van der Waals surface area (Å²) in [5.74, 6) is 0.777. The van der Waals surface area contributed by atoms with Crippen LogP contribution in [0.5, 0.6) is 0 Å². The first kappa shape index (κ1) is 8.70. The summed E-state index contributed by atoms with van der Waals surface area (Å²) in [4.78, 5) is 4.41. The largest absolute Gasteiger partial charge is 0.383 e. The maximum absolute atomic E-state index is 9.50. The molecule has 0 aromatic heterocycles. The van der Waals surface area contributed by atoms with Gasteiger partial charge in [-0.05, 0) is 24.8 Å². The second-order valence-corrected chi connectivity index (χ2v) is 3.75. The molecule has 2 aliphatic carbocycles. The van der Waals surface area contributed by atoms with Gasteiger partial charge in [-0.1, -0.05) is 24.6 Å². The SMILES string of the molecule is OC1C=CC=CC1=NCC1CCC1. The minimum atomic E-state index is -0.481. The van der Waals surface area contributed by atoms with Crippen molar-refractivity contribution in [1.82, 2.24) is 0 Å². The van der Waals surface area contributed by atoms with Crippen molar-refractivity contribution in [2.24, 2.45) is 10.9 Å². The number of hydrogen-bond donors (Lipinski definition) is 1. The molecule has 1 unspecified atom stereocenters. The van der Waals surface area contributed by atoms with Crippen molar-refractivity contribution in [1.29, 1.82) is 0 Å². The van der Waals surface area contributed by atoms with Crippen molar-refractivity contribution in [3.8, 4) is 0 Å². The van der Waals surface area contributed by atoms with Crippen LogP contribution < -0.4 is 0 Å². The topological polar surface area (TPSA) is 32.6 Å². The van der Waals surface area contributed by atoms with Crippen molar-refractivity contribution < 1.29 is 5.11 Å². The Bertz CT molecular complexity index is 261. The number of hydrogen-bond acceptors (Lipinski definition) is 2. The molecule has 0 radical (unpaired) electrons. The molecule has 1 N–H and O–H groups in total. The third-order valence-corrected chi connectivity index (χ3v) is 2.73. The van der Waals surface area contributed by atoms with E-state index in [1.165, 1.54) is 19.3 Å². The van der Waals surface area contributed by atoms with Crippen LogP contribution in [0.3, 0.4) is 0 Å². The summed E-state index contributed by atoms with van der Waals surface area (Å²) in [6, 6.07) is 0. The predicted octanol–water partition coefficient (Wildman–Crippen LogP) is 1.71. The van der Waals surface area contributed by atoms with Gasteiger partial charge < -0.3 is 5.11 Å². The smallest absolute Gasteiger partial charge is 0.114 e. The van der Waals surface area contributed by atoms with Gasteiger partial charge in [-0.3, -0.25) is 4.99 Å². The van der Waals surface area contributed by atoms with E-state index in [1.807, 2.05) is 18.2 Å². The minimum absolute atomic E-state index is 0.481. The van der Waals surface area contributed by atoms with Crippen LogP contribution in [0, 0.1) is 5.92 Å². The second-order valence-electron chi connectivity index (χ2n) is 3.75. The molecule has 13 heavy (non-hydrogen) atoms. The van der Waals surface area contributed by atoms with E-state index in [2.05, 4.69) is 4.99 Å². The van der Waals surface area contributed by atoms with Crippen LogP contribution >= 0.6 is 0 Å². The highest BCUT2D eigenvalue weighted by Gasteiger charge is 2.17. The van der Waals surface area contributed by atoms with E-state index in [1.54, 1.807) is 6.08 Å². The molecule has 0 saturated heterocycles. The van der Waals surface area contributed by atoms with Crippen LogP contribution in [0.1, 0.15) is 19.3 Å². The Kier molecular flexibility index (Phi) is 2.60. The van der Waals surface area contributed by atoms with Crippen LogP contribution in [0.4, 0.5) is 0 Å². The average molecular weight is 177 g/mol. The normalized spacial score (nSPS) is 30.8. The highest BCUT2D eigenvalue weighted by Crippen LogP contribution is 2.26. The summed E-state index contributed by atoms with van der Waals surface area (Å²) in [6.45, 7) is 0.893. The van der Waals surface area contributed by atoms with Gasteiger partial charge >= 0.3 is 0 Å². The summed E-state index contributed by atoms with van der Waals surface area (Å²) < 4.78 is 0. The number of aliphatic hydroxyl groups is 1. The molecule has 2 heteroatoms. The van der Waals surface area contributed by atoms with Gasteiger partial charge in [0, 0.05) is 6.54 Å². The van der Waals surface area contributed by atoms with Gasteiger partial charge in [0.25, 0.3) is 0 Å². The van der Waals surface area contributed by atoms with Crippen molar-refractivity contribution in [2.45, 2.75) is 25.4 Å². The molecular weight excluding hydrogens is 162 g/mol. The van der Waals surface area contributed by atoms with Gasteiger partial charge in [0.15, 0.2) is 0 Å². The first-order valence-electron chi connectivity index (χ1n) is 4.93. The molecule has 2 rings (SSSR count). The van der Waals surface area contributed by atoms with E-state index in [4.69, 9.17) is 0 Å². The highest BCUT2D eigenvalue weighted by atomic mass is 16.3. The highest BCUT2D eigenvalue weighted by molar-refractivity contribution is 6.00. The zero-order valence-corrected chi connectivity index (χ0v) is 7.69. The molecule has 0 spiro atoms. The van der Waals surface area contributed by atoms with Crippen LogP contribution in [0.2, 0.25) is 0 Å². The maximum Gasteiger partial charge on any atom is 0.114 e. The van der Waals surface area contributed by atoms with E-state index < -0.39 is 6.10 Å². The van der Waals surface area contributed by atoms with Gasteiger partial charge in [0.1, 0.15) is 6.10 Å². The lowest BCUT2D eigenvalue weighted by molar-refractivity contribution is 0.286. The van der Waals surface area contributed by atoms with Crippen LogP contribution in [0.15, 0.2) is 29.3 Å². The van der Waals surface area contributed by atoms with Crippen molar-refractivity contribution in [3.05, 3.63) is 24.3 Å². The monoisotopic (exact) mass is 177 g/mol. The Morgan fingerprint density at radius 1 is 1.38 bits per heavy atom. The molecule has 0 heterocycles. The van der Waals surface area contributed by atoms with Crippen LogP contribution in [0.25, 0.3) is 0 Å². The van der Waals surface area contributed by atoms with Crippen molar-refractivity contribution in [2.75, 3.05) is 6.54 Å². The molecule has 0 aliphatic heterocycles. The fourth-order valence-electron chi connectivity index (χ4n) is 1.58. The summed E-state index contributed by atoms with van der Waals surface area (Å²) in [5, 5.41) is 9.50. The van der Waals surface area contributed by atoms with Gasteiger partial charge in [0.05, 0.1) is 5.71 Å². The third-order valence-electron chi connectivity index (χ3n) is 2.73. The Morgan fingerprint density at radius 3 is 2.85 bits per heavy atom. The first-order chi connectivity index (χ1) is 6.36. The molecule has 0 aromatic carbocycles. The predicted molar refractivity (Wildman–Crippen MR) is 53.9 cm³/mol. The molecule has 0 aromatic rings. The van der Waals surface area contributed by atoms with Gasteiger partial charge in [0.2, 0.25) is 0 Å². The third kappa shape index (κ3) is 2.07. The Morgan fingerprint density at radius 2 is 2.23 bits per heavy atom. The van der Waals surface area contributed by atoms with Crippen LogP contribution in [-0.4, -0.2) is 23.5 Å². The van der Waals surface area contributed by atoms with Crippen molar-refractivity contribution in [3.63, 3.8) is 0 Å². The molecule has 2 nitrogen and oxygen atoms in total. The quantitative estimate of drug-likeness (QED) is 0.684. The van der Waals surface area contributed by atoms with Gasteiger partial charge in [-0.25, -0.2) is 0 Å². The standard InChI is InChI=1S/C11H15NO/c13-11-7-2-1-6-10(11)12-8-9-4-3-5-9/h1-2,6-7,9,11,13H,3-5,8H2. The Hall–Kier alpha value is -0.890. The molecule has 0 bridgehead atoms. The lowest BCUT2D eigenvalue weighted by Crippen LogP contribution is -2.21. The molecule has 1 fully saturated rings. The molecule has 70 valence electrons. The number of aliphatic hydroxyl groups excluding tert-OH is 1. The summed E-state index contributed by atoms with van der Waals surface area (Å²) in [7, 11) is 0. The zero-order chi connectivity index (χ0) is 9.10. The van der Waals surface area contributed by atoms with Gasteiger partial charge in [-0.15, -0.1) is 0 Å². The molecular formula is C11H15NO. The number of allylic oxidation sites excluding steroid dienone is 2. The average Bonchev–Trinajstić information content (AvgIpc) is 2.05. The first-order valence-corrected chi connectivity index (χ1v) is 4.93. The molecule has 0 amide bonds. The van der Waals surface area contributed by atoms with E-state index in [0.29, 0.717) is 0 Å². The molecule has 2 aliphatic rings. The van der Waals surface area contributed by atoms with E-state index in [9.17, 15) is 5.11 Å². The summed E-state index contributed by atoms with van der Waals surface area (Å²) in [6.07, 6.45) is 10.9. The fourth-order valence-corrected chi connectivity index (χ4v) is 1.58. The maximum atomic E-state index is 9.50. The lowest BCUT2D eigenvalue weighted by Gasteiger charge is -2.23. The molecule has 1 saturated carbocycles. The van der Waals surface area contributed by atoms with Crippen LogP contribution in [-0.2, 0) is 0 Å². The summed E-state index contributed by atoms with van der Waals surface area (Å²) in [5.41, 5.74) is 0.814. The van der Waals surface area contributed by atoms with Gasteiger partial charge in [-0.2, -0.15) is 0 Å². The lowest BCUT2D eigenvalue weighted by atomic mass is 9.85. The number of nitrogens with zero attached hydrogens (tertiary/aromatic N) is 1. The molecule has 1 atom stereocenters. The Labute approximate surface area is 78.7 Å². The van der Waals surface area contributed by atoms with E-state index in [0.717, 1.165) is 18.2 Å². The second kappa shape index (κ2) is 3.88. The fraction of sp³-hybridized carbons (Fsp3) is 0.545. The minimum Gasteiger partial charge on any atom is -0.383 e. The Balaban J connectivity index is 1.90.